The number of carbonyl (C=O) groups is 1. The molecule has 0 atom stereocenters. The van der Waals surface area contributed by atoms with Gasteiger partial charge in [-0.15, -0.1) is 0 Å². The van der Waals surface area contributed by atoms with Crippen molar-refractivity contribution in [3.8, 4) is 0 Å². The van der Waals surface area contributed by atoms with E-state index in [1.165, 1.54) is 0 Å². The van der Waals surface area contributed by atoms with Crippen LogP contribution in [0, 0.1) is 5.92 Å². The van der Waals surface area contributed by atoms with Gasteiger partial charge in [0.25, 0.3) is 0 Å². The first-order valence-corrected chi connectivity index (χ1v) is 8.20. The van der Waals surface area contributed by atoms with E-state index in [0.29, 0.717) is 18.2 Å². The van der Waals surface area contributed by atoms with Gasteiger partial charge in [0, 0.05) is 58.1 Å². The molecule has 1 aromatic rings. The van der Waals surface area contributed by atoms with Crippen LogP contribution in [-0.2, 0) is 4.79 Å². The van der Waals surface area contributed by atoms with Crippen LogP contribution >= 0.6 is 0 Å². The Morgan fingerprint density at radius 2 is 1.73 bits per heavy atom. The number of hydrogen-bond acceptors (Lipinski definition) is 5. The number of nitrogens with zero attached hydrogens (tertiary/aromatic N) is 5. The van der Waals surface area contributed by atoms with Crippen molar-refractivity contribution < 1.29 is 4.79 Å². The molecule has 6 heteroatoms. The van der Waals surface area contributed by atoms with Gasteiger partial charge in [0.05, 0.1) is 0 Å². The van der Waals surface area contributed by atoms with Crippen molar-refractivity contribution in [2.45, 2.75) is 19.3 Å². The van der Waals surface area contributed by atoms with Crippen LogP contribution in [0.2, 0.25) is 0 Å². The number of rotatable bonds is 3. The predicted octanol–water partition coefficient (Wildman–Crippen LogP) is 0.857. The predicted molar refractivity (Wildman–Crippen MR) is 85.7 cm³/mol. The normalized spacial score (nSPS) is 21.1. The molecule has 2 fully saturated rings. The molecule has 0 bridgehead atoms. The minimum absolute atomic E-state index is 0.336. The molecule has 0 saturated carbocycles. The number of hydrogen-bond donors (Lipinski definition) is 0. The van der Waals surface area contributed by atoms with Crippen LogP contribution in [0.4, 0.5) is 5.95 Å². The summed E-state index contributed by atoms with van der Waals surface area (Å²) < 4.78 is 0. The summed E-state index contributed by atoms with van der Waals surface area (Å²) in [6, 6.07) is 1.84. The first-order chi connectivity index (χ1) is 10.7. The van der Waals surface area contributed by atoms with Crippen LogP contribution in [0.15, 0.2) is 18.5 Å². The summed E-state index contributed by atoms with van der Waals surface area (Å²) in [6.45, 7) is 5.65. The van der Waals surface area contributed by atoms with Gasteiger partial charge in [0.2, 0.25) is 11.9 Å². The Morgan fingerprint density at radius 3 is 2.36 bits per heavy atom. The number of likely N-dealkylation sites (N-methyl/N-ethyl adjacent to an activating group) is 1. The number of anilines is 1. The van der Waals surface area contributed by atoms with Crippen molar-refractivity contribution in [3.05, 3.63) is 18.5 Å². The fraction of sp³-hybridized carbons (Fsp3) is 0.688. The Labute approximate surface area is 132 Å². The lowest BCUT2D eigenvalue weighted by Crippen LogP contribution is -2.47. The zero-order valence-electron chi connectivity index (χ0n) is 13.3. The second-order valence-electron chi connectivity index (χ2n) is 6.37. The van der Waals surface area contributed by atoms with Gasteiger partial charge in [-0.1, -0.05) is 0 Å². The molecule has 2 aliphatic rings. The van der Waals surface area contributed by atoms with Crippen LogP contribution in [0.3, 0.4) is 0 Å². The molecule has 3 rings (SSSR count). The van der Waals surface area contributed by atoms with Crippen molar-refractivity contribution in [1.29, 1.82) is 0 Å². The summed E-state index contributed by atoms with van der Waals surface area (Å²) in [5.41, 5.74) is 0. The number of piperazine rings is 1. The zero-order chi connectivity index (χ0) is 15.4. The summed E-state index contributed by atoms with van der Waals surface area (Å²) in [7, 11) is 2.11. The number of amides is 1. The van der Waals surface area contributed by atoms with Crippen LogP contribution in [-0.4, -0.2) is 72.0 Å². The first kappa shape index (κ1) is 15.2. The number of aromatic nitrogens is 2. The van der Waals surface area contributed by atoms with Crippen molar-refractivity contribution in [2.75, 3.05) is 51.2 Å². The van der Waals surface area contributed by atoms with E-state index in [4.69, 9.17) is 0 Å². The number of carbonyl (C=O) groups excluding carboxylic acids is 1. The third-order valence-corrected chi connectivity index (χ3v) is 4.77. The second kappa shape index (κ2) is 7.05. The van der Waals surface area contributed by atoms with Gasteiger partial charge in [0.1, 0.15) is 0 Å². The molecule has 120 valence electrons. The lowest BCUT2D eigenvalue weighted by Gasteiger charge is -2.35. The SMILES string of the molecule is CN1CCN(C(=O)CC2CCN(c3ncccn3)CC2)CC1. The Kier molecular flexibility index (Phi) is 4.87. The van der Waals surface area contributed by atoms with E-state index in [1.54, 1.807) is 12.4 Å². The molecule has 2 saturated heterocycles. The highest BCUT2D eigenvalue weighted by atomic mass is 16.2. The fourth-order valence-corrected chi connectivity index (χ4v) is 3.22. The molecule has 2 aliphatic heterocycles. The summed E-state index contributed by atoms with van der Waals surface area (Å²) in [5.74, 6) is 1.65. The van der Waals surface area contributed by atoms with Crippen LogP contribution in [0.5, 0.6) is 0 Å². The minimum Gasteiger partial charge on any atom is -0.341 e. The van der Waals surface area contributed by atoms with E-state index in [1.807, 2.05) is 11.0 Å². The maximum atomic E-state index is 12.4. The number of piperidine rings is 1. The van der Waals surface area contributed by atoms with Crippen LogP contribution in [0.1, 0.15) is 19.3 Å². The Balaban J connectivity index is 1.45. The summed E-state index contributed by atoms with van der Waals surface area (Å²) >= 11 is 0. The fourth-order valence-electron chi connectivity index (χ4n) is 3.22. The van der Waals surface area contributed by atoms with Gasteiger partial charge < -0.3 is 14.7 Å². The molecule has 22 heavy (non-hydrogen) atoms. The quantitative estimate of drug-likeness (QED) is 0.829. The van der Waals surface area contributed by atoms with Crippen molar-refractivity contribution >= 4 is 11.9 Å². The van der Waals surface area contributed by atoms with Crippen LogP contribution < -0.4 is 4.90 Å². The molecule has 0 unspecified atom stereocenters. The molecule has 0 aromatic carbocycles. The van der Waals surface area contributed by atoms with Gasteiger partial charge in [-0.2, -0.15) is 0 Å². The Hall–Kier alpha value is -1.69. The molecule has 0 spiro atoms. The second-order valence-corrected chi connectivity index (χ2v) is 6.37. The third-order valence-electron chi connectivity index (χ3n) is 4.77. The molecule has 1 amide bonds. The maximum absolute atomic E-state index is 12.4. The highest BCUT2D eigenvalue weighted by molar-refractivity contribution is 5.76. The summed E-state index contributed by atoms with van der Waals surface area (Å²) in [4.78, 5) is 27.5. The van der Waals surface area contributed by atoms with Crippen molar-refractivity contribution in [1.82, 2.24) is 19.8 Å². The van der Waals surface area contributed by atoms with Crippen LogP contribution in [0.25, 0.3) is 0 Å². The maximum Gasteiger partial charge on any atom is 0.225 e. The van der Waals surface area contributed by atoms with Gasteiger partial charge in [-0.05, 0) is 31.9 Å². The van der Waals surface area contributed by atoms with E-state index in [9.17, 15) is 4.79 Å². The van der Waals surface area contributed by atoms with Gasteiger partial charge in [-0.3, -0.25) is 4.79 Å². The van der Waals surface area contributed by atoms with E-state index >= 15 is 0 Å². The zero-order valence-corrected chi connectivity index (χ0v) is 13.3. The largest absolute Gasteiger partial charge is 0.341 e. The topological polar surface area (TPSA) is 52.6 Å². The Morgan fingerprint density at radius 1 is 1.09 bits per heavy atom. The highest BCUT2D eigenvalue weighted by Gasteiger charge is 2.26. The summed E-state index contributed by atoms with van der Waals surface area (Å²) in [5, 5.41) is 0. The van der Waals surface area contributed by atoms with Crippen molar-refractivity contribution in [2.24, 2.45) is 5.92 Å². The molecule has 0 aliphatic carbocycles. The minimum atomic E-state index is 0.336. The standard InChI is InChI=1S/C16H25N5O/c1-19-9-11-20(12-10-19)15(22)13-14-3-7-21(8-4-14)16-17-5-2-6-18-16/h2,5-6,14H,3-4,7-13H2,1H3. The third kappa shape index (κ3) is 3.74. The molecule has 3 heterocycles. The van der Waals surface area contributed by atoms with Gasteiger partial charge >= 0.3 is 0 Å². The molecule has 1 aromatic heterocycles. The van der Waals surface area contributed by atoms with Gasteiger partial charge in [0.15, 0.2) is 0 Å². The molecule has 0 N–H and O–H groups in total. The highest BCUT2D eigenvalue weighted by Crippen LogP contribution is 2.23. The molecule has 6 nitrogen and oxygen atoms in total. The molecule has 0 radical (unpaired) electrons. The van der Waals surface area contributed by atoms with E-state index < -0.39 is 0 Å². The van der Waals surface area contributed by atoms with E-state index in [2.05, 4.69) is 26.8 Å². The average Bonchev–Trinajstić information content (AvgIpc) is 2.57. The van der Waals surface area contributed by atoms with E-state index in [0.717, 1.165) is 58.1 Å². The smallest absolute Gasteiger partial charge is 0.225 e. The monoisotopic (exact) mass is 303 g/mol. The van der Waals surface area contributed by atoms with Gasteiger partial charge in [-0.25, -0.2) is 9.97 Å². The first-order valence-electron chi connectivity index (χ1n) is 8.20. The van der Waals surface area contributed by atoms with E-state index in [-0.39, 0.29) is 0 Å². The lowest BCUT2D eigenvalue weighted by atomic mass is 9.93. The van der Waals surface area contributed by atoms with Crippen molar-refractivity contribution in [3.63, 3.8) is 0 Å². The lowest BCUT2D eigenvalue weighted by molar-refractivity contribution is -0.133. The molecular formula is C16H25N5O. The average molecular weight is 303 g/mol. The summed E-state index contributed by atoms with van der Waals surface area (Å²) in [6.07, 6.45) is 6.37. The molecular weight excluding hydrogens is 278 g/mol. The Bertz CT molecular complexity index is 479.